The van der Waals surface area contributed by atoms with Crippen LogP contribution in [0.25, 0.3) is 11.0 Å². The Balaban J connectivity index is 1.83. The zero-order valence-electron chi connectivity index (χ0n) is 15.2. The Kier molecular flexibility index (Phi) is 5.54. The molecule has 0 atom stereocenters. The van der Waals surface area contributed by atoms with Crippen LogP contribution >= 0.6 is 11.8 Å². The number of imidazole rings is 1. The number of sulfonamides is 1. The maximum Gasteiger partial charge on any atom is 0.244 e. The van der Waals surface area contributed by atoms with Gasteiger partial charge in [0.05, 0.1) is 15.9 Å². The molecule has 3 rings (SSSR count). The molecule has 0 aliphatic heterocycles. The average Bonchev–Trinajstić information content (AvgIpc) is 2.99. The van der Waals surface area contributed by atoms with E-state index < -0.39 is 10.0 Å². The first-order chi connectivity index (χ1) is 12.8. The second-order valence-corrected chi connectivity index (χ2v) is 8.96. The molecule has 1 amide bonds. The predicted molar refractivity (Wildman–Crippen MR) is 107 cm³/mol. The molecule has 27 heavy (non-hydrogen) atoms. The number of rotatable bonds is 6. The van der Waals surface area contributed by atoms with Crippen molar-refractivity contribution >= 4 is 44.4 Å². The fourth-order valence-corrected chi connectivity index (χ4v) is 4.17. The zero-order valence-corrected chi connectivity index (χ0v) is 16.8. The second kappa shape index (κ2) is 7.71. The van der Waals surface area contributed by atoms with E-state index in [2.05, 4.69) is 10.3 Å². The number of para-hydroxylation sites is 2. The fraction of sp³-hybridized carbons (Fsp3) is 0.222. The molecule has 1 N–H and O–H groups in total. The lowest BCUT2D eigenvalue weighted by Gasteiger charge is -2.13. The summed E-state index contributed by atoms with van der Waals surface area (Å²) in [5.41, 5.74) is 2.13. The van der Waals surface area contributed by atoms with Crippen LogP contribution in [-0.4, -0.2) is 48.5 Å². The molecular weight excluding hydrogens is 384 g/mol. The van der Waals surface area contributed by atoms with Crippen molar-refractivity contribution in [2.45, 2.75) is 16.6 Å². The predicted octanol–water partition coefficient (Wildman–Crippen LogP) is 2.65. The lowest BCUT2D eigenvalue weighted by molar-refractivity contribution is -0.116. The molecule has 0 spiro atoms. The van der Waals surface area contributed by atoms with Gasteiger partial charge in [0.15, 0.2) is 5.16 Å². The van der Waals surface area contributed by atoms with Crippen LogP contribution in [0.4, 0.5) is 5.69 Å². The number of thioether (sulfide) groups is 1. The molecule has 0 saturated carbocycles. The number of amides is 1. The highest BCUT2D eigenvalue weighted by Gasteiger charge is 2.18. The minimum atomic E-state index is -3.56. The number of anilines is 1. The lowest BCUT2D eigenvalue weighted by atomic mass is 10.3. The van der Waals surface area contributed by atoms with Gasteiger partial charge >= 0.3 is 0 Å². The molecule has 0 aliphatic rings. The molecule has 1 heterocycles. The van der Waals surface area contributed by atoms with Crippen LogP contribution < -0.4 is 5.32 Å². The summed E-state index contributed by atoms with van der Waals surface area (Å²) in [7, 11) is -0.627. The van der Waals surface area contributed by atoms with E-state index in [0.29, 0.717) is 5.69 Å². The van der Waals surface area contributed by atoms with Crippen molar-refractivity contribution in [2.24, 2.45) is 0 Å². The van der Waals surface area contributed by atoms with E-state index in [0.717, 1.165) is 20.5 Å². The van der Waals surface area contributed by atoms with E-state index in [-0.39, 0.29) is 17.3 Å². The molecule has 142 valence electrons. The van der Waals surface area contributed by atoms with Gasteiger partial charge in [-0.15, -0.1) is 0 Å². The Morgan fingerprint density at radius 2 is 1.93 bits per heavy atom. The Morgan fingerprint density at radius 3 is 2.63 bits per heavy atom. The third kappa shape index (κ3) is 4.00. The van der Waals surface area contributed by atoms with Crippen molar-refractivity contribution in [1.29, 1.82) is 0 Å². The molecule has 0 bridgehead atoms. The summed E-state index contributed by atoms with van der Waals surface area (Å²) >= 11 is 1.47. The van der Waals surface area contributed by atoms with Crippen molar-refractivity contribution in [2.75, 3.05) is 25.7 Å². The first-order valence-corrected chi connectivity index (χ1v) is 10.8. The quantitative estimate of drug-likeness (QED) is 0.639. The van der Waals surface area contributed by atoms with Crippen LogP contribution in [0, 0.1) is 0 Å². The summed E-state index contributed by atoms with van der Waals surface area (Å²) in [5, 5.41) is 3.51. The average molecular weight is 405 g/mol. The number of carbonyl (C=O) groups is 1. The molecular formula is C18H20N4O3S2. The molecule has 9 heteroatoms. The van der Waals surface area contributed by atoms with Gasteiger partial charge in [-0.1, -0.05) is 30.0 Å². The Hall–Kier alpha value is -2.36. The smallest absolute Gasteiger partial charge is 0.244 e. The van der Waals surface area contributed by atoms with Crippen LogP contribution in [0.5, 0.6) is 0 Å². The Bertz CT molecular complexity index is 1090. The molecule has 0 fully saturated rings. The molecule has 0 aliphatic carbocycles. The number of carbonyl (C=O) groups excluding carboxylic acids is 1. The monoisotopic (exact) mass is 404 g/mol. The van der Waals surface area contributed by atoms with E-state index in [4.69, 9.17) is 0 Å². The first kappa shape index (κ1) is 19.4. The van der Waals surface area contributed by atoms with E-state index in [1.54, 1.807) is 12.1 Å². The van der Waals surface area contributed by atoms with Crippen molar-refractivity contribution in [3.8, 4) is 0 Å². The molecule has 3 aromatic rings. The zero-order chi connectivity index (χ0) is 19.6. The molecule has 1 aromatic heterocycles. The van der Waals surface area contributed by atoms with Gasteiger partial charge in [0.1, 0.15) is 6.54 Å². The minimum Gasteiger partial charge on any atom is -0.324 e. The number of nitrogens with zero attached hydrogens (tertiary/aromatic N) is 3. The van der Waals surface area contributed by atoms with Crippen molar-refractivity contribution in [3.63, 3.8) is 0 Å². The largest absolute Gasteiger partial charge is 0.324 e. The fourth-order valence-electron chi connectivity index (χ4n) is 2.65. The van der Waals surface area contributed by atoms with Gasteiger partial charge in [-0.2, -0.15) is 0 Å². The molecule has 0 radical (unpaired) electrons. The normalized spacial score (nSPS) is 11.9. The summed E-state index contributed by atoms with van der Waals surface area (Å²) in [4.78, 5) is 17.2. The second-order valence-electron chi connectivity index (χ2n) is 6.04. The Labute approximate surface area is 162 Å². The van der Waals surface area contributed by atoms with E-state index in [1.807, 2.05) is 35.1 Å². The molecule has 2 aromatic carbocycles. The highest BCUT2D eigenvalue weighted by molar-refractivity contribution is 7.98. The van der Waals surface area contributed by atoms with Gasteiger partial charge in [0.2, 0.25) is 15.9 Å². The number of hydrogen-bond donors (Lipinski definition) is 1. The van der Waals surface area contributed by atoms with E-state index in [1.165, 1.54) is 38.0 Å². The summed E-state index contributed by atoms with van der Waals surface area (Å²) in [6.07, 6.45) is 1.91. The summed E-state index contributed by atoms with van der Waals surface area (Å²) in [6, 6.07) is 13.8. The SMILES string of the molecule is CSc1nc2ccccc2n1CC(=O)Nc1cccc(S(=O)(=O)N(C)C)c1. The van der Waals surface area contributed by atoms with Gasteiger partial charge in [-0.05, 0) is 36.6 Å². The van der Waals surface area contributed by atoms with Crippen molar-refractivity contribution in [1.82, 2.24) is 13.9 Å². The van der Waals surface area contributed by atoms with Crippen LogP contribution in [0.15, 0.2) is 58.6 Å². The van der Waals surface area contributed by atoms with Crippen LogP contribution in [0.2, 0.25) is 0 Å². The molecule has 7 nitrogen and oxygen atoms in total. The lowest BCUT2D eigenvalue weighted by Crippen LogP contribution is -2.23. The van der Waals surface area contributed by atoms with Crippen molar-refractivity contribution in [3.05, 3.63) is 48.5 Å². The minimum absolute atomic E-state index is 0.0847. The molecule has 0 saturated heterocycles. The third-order valence-corrected chi connectivity index (χ3v) is 6.49. The standard InChI is InChI=1S/C18H20N4O3S2/c1-21(2)27(24,25)14-8-6-7-13(11-14)19-17(23)12-22-16-10-5-4-9-15(16)20-18(22)26-3/h4-11H,12H2,1-3H3,(H,19,23). The number of hydrogen-bond acceptors (Lipinski definition) is 5. The van der Waals surface area contributed by atoms with Gasteiger partial charge in [0.25, 0.3) is 0 Å². The third-order valence-electron chi connectivity index (χ3n) is 4.00. The maximum absolute atomic E-state index is 12.6. The number of benzene rings is 2. The van der Waals surface area contributed by atoms with Gasteiger partial charge in [0, 0.05) is 19.8 Å². The van der Waals surface area contributed by atoms with Gasteiger partial charge < -0.3 is 9.88 Å². The van der Waals surface area contributed by atoms with Gasteiger partial charge in [-0.25, -0.2) is 17.7 Å². The Morgan fingerprint density at radius 1 is 1.19 bits per heavy atom. The topological polar surface area (TPSA) is 84.3 Å². The summed E-state index contributed by atoms with van der Waals surface area (Å²) in [5.74, 6) is -0.257. The summed E-state index contributed by atoms with van der Waals surface area (Å²) in [6.45, 7) is 0.0847. The number of aromatic nitrogens is 2. The van der Waals surface area contributed by atoms with E-state index >= 15 is 0 Å². The number of nitrogens with one attached hydrogen (secondary N) is 1. The van der Waals surface area contributed by atoms with E-state index in [9.17, 15) is 13.2 Å². The summed E-state index contributed by atoms with van der Waals surface area (Å²) < 4.78 is 27.5. The van der Waals surface area contributed by atoms with Crippen LogP contribution in [0.1, 0.15) is 0 Å². The number of fused-ring (bicyclic) bond motifs is 1. The maximum atomic E-state index is 12.6. The van der Waals surface area contributed by atoms with Crippen molar-refractivity contribution < 1.29 is 13.2 Å². The highest BCUT2D eigenvalue weighted by Crippen LogP contribution is 2.23. The van der Waals surface area contributed by atoms with Crippen LogP contribution in [0.3, 0.4) is 0 Å². The molecule has 0 unspecified atom stereocenters. The highest BCUT2D eigenvalue weighted by atomic mass is 32.2. The first-order valence-electron chi connectivity index (χ1n) is 8.14. The van der Waals surface area contributed by atoms with Crippen LogP contribution in [-0.2, 0) is 21.4 Å². The van der Waals surface area contributed by atoms with Gasteiger partial charge in [-0.3, -0.25) is 4.79 Å².